The quantitative estimate of drug-likeness (QED) is 0.165. The van der Waals surface area contributed by atoms with Crippen LogP contribution in [0.5, 0.6) is 0 Å². The summed E-state index contributed by atoms with van der Waals surface area (Å²) in [6, 6.07) is 64.0. The van der Waals surface area contributed by atoms with E-state index in [2.05, 4.69) is 165 Å². The van der Waals surface area contributed by atoms with Crippen molar-refractivity contribution in [3.05, 3.63) is 194 Å². The van der Waals surface area contributed by atoms with Gasteiger partial charge in [-0.05, 0) is 60.0 Å². The zero-order valence-corrected chi connectivity index (χ0v) is 31.2. The third kappa shape index (κ3) is 4.98. The van der Waals surface area contributed by atoms with Crippen molar-refractivity contribution < 1.29 is 0 Å². The van der Waals surface area contributed by atoms with Crippen molar-refractivity contribution in [2.24, 2.45) is 0 Å². The van der Waals surface area contributed by atoms with Crippen LogP contribution in [0.4, 0.5) is 0 Å². The number of para-hydroxylation sites is 2. The highest BCUT2D eigenvalue weighted by Gasteiger charge is 2.22. The van der Waals surface area contributed by atoms with Crippen LogP contribution in [0.25, 0.3) is 111 Å². The van der Waals surface area contributed by atoms with Gasteiger partial charge in [-0.2, -0.15) is 0 Å². The van der Waals surface area contributed by atoms with Crippen LogP contribution < -0.4 is 0 Å². The second kappa shape index (κ2) is 12.8. The highest BCUT2D eigenvalue weighted by atomic mass is 15.2. The van der Waals surface area contributed by atoms with Crippen LogP contribution in [0, 0.1) is 0 Å². The first-order valence-corrected chi connectivity index (χ1v) is 19.5. The molecule has 0 saturated heterocycles. The van der Waals surface area contributed by atoms with Gasteiger partial charge in [0.1, 0.15) is 0 Å². The van der Waals surface area contributed by atoms with Crippen LogP contribution in [-0.2, 0) is 0 Å². The number of rotatable bonds is 5. The minimum absolute atomic E-state index is 0.608. The normalized spacial score (nSPS) is 11.8. The van der Waals surface area contributed by atoms with Crippen molar-refractivity contribution in [1.82, 2.24) is 28.9 Å². The van der Waals surface area contributed by atoms with E-state index in [0.717, 1.165) is 61.4 Å². The number of hydrogen-bond acceptors (Lipinski definition) is 4. The van der Waals surface area contributed by atoms with Crippen LogP contribution in [0.2, 0.25) is 0 Å². The first kappa shape index (κ1) is 32.3. The molecule has 12 aromatic rings. The first-order chi connectivity index (χ1) is 28.8. The Hall–Kier alpha value is -7.96. The molecule has 0 N–H and O–H groups in total. The average Bonchev–Trinajstić information content (AvgIpc) is 3.86. The first-order valence-electron chi connectivity index (χ1n) is 19.5. The van der Waals surface area contributed by atoms with Crippen LogP contribution in [0.3, 0.4) is 0 Å². The molecule has 270 valence electrons. The zero-order valence-electron chi connectivity index (χ0n) is 31.2. The molecule has 0 unspecified atom stereocenters. The summed E-state index contributed by atoms with van der Waals surface area (Å²) in [7, 11) is 0. The molecule has 0 spiro atoms. The molecule has 0 saturated carbocycles. The van der Waals surface area contributed by atoms with Crippen molar-refractivity contribution in [1.29, 1.82) is 0 Å². The molecular weight excluding hydrogens is 709 g/mol. The topological polar surface area (TPSA) is 60.9 Å². The van der Waals surface area contributed by atoms with Crippen LogP contribution >= 0.6 is 0 Å². The van der Waals surface area contributed by atoms with Crippen molar-refractivity contribution in [2.75, 3.05) is 0 Å². The van der Waals surface area contributed by atoms with Crippen molar-refractivity contribution >= 4 is 59.9 Å². The van der Waals surface area contributed by atoms with Gasteiger partial charge in [0.2, 0.25) is 5.95 Å². The van der Waals surface area contributed by atoms with Gasteiger partial charge in [0.05, 0.1) is 50.4 Å². The number of benzene rings is 6. The summed E-state index contributed by atoms with van der Waals surface area (Å²) in [5.74, 6) is 0.608. The van der Waals surface area contributed by atoms with Crippen molar-refractivity contribution in [3.63, 3.8) is 0 Å². The number of aromatic nitrogens is 6. The van der Waals surface area contributed by atoms with Gasteiger partial charge in [-0.15, -0.1) is 0 Å². The molecule has 6 aromatic carbocycles. The van der Waals surface area contributed by atoms with Crippen LogP contribution in [0.15, 0.2) is 194 Å². The maximum absolute atomic E-state index is 5.38. The Kier molecular flexibility index (Phi) is 7.13. The Bertz CT molecular complexity index is 3430. The highest BCUT2D eigenvalue weighted by Crippen LogP contribution is 2.41. The minimum atomic E-state index is 0.608. The van der Waals surface area contributed by atoms with Gasteiger partial charge < -0.3 is 4.40 Å². The number of nitrogens with zero attached hydrogens (tertiary/aromatic N) is 6. The van der Waals surface area contributed by atoms with E-state index in [1.54, 1.807) is 0 Å². The molecule has 0 radical (unpaired) electrons. The third-order valence-corrected chi connectivity index (χ3v) is 11.4. The summed E-state index contributed by atoms with van der Waals surface area (Å²) in [5.41, 5.74) is 13.3. The monoisotopic (exact) mass is 740 g/mol. The lowest BCUT2D eigenvalue weighted by Gasteiger charge is -2.13. The fourth-order valence-corrected chi connectivity index (χ4v) is 8.77. The van der Waals surface area contributed by atoms with E-state index in [9.17, 15) is 0 Å². The second-order valence-electron chi connectivity index (χ2n) is 14.7. The number of hydrogen-bond donors (Lipinski definition) is 0. The molecule has 6 heteroatoms. The van der Waals surface area contributed by atoms with E-state index in [1.165, 1.54) is 43.5 Å². The summed E-state index contributed by atoms with van der Waals surface area (Å²) in [5, 5.41) is 7.23. The smallest absolute Gasteiger partial charge is 0.235 e. The van der Waals surface area contributed by atoms with Crippen LogP contribution in [0.1, 0.15) is 0 Å². The highest BCUT2D eigenvalue weighted by molar-refractivity contribution is 6.24. The van der Waals surface area contributed by atoms with Crippen molar-refractivity contribution in [3.8, 4) is 51.0 Å². The third-order valence-electron chi connectivity index (χ3n) is 11.4. The molecule has 0 aliphatic rings. The molecule has 0 bridgehead atoms. The molecule has 0 fully saturated rings. The predicted octanol–water partition coefficient (Wildman–Crippen LogP) is 12.7. The summed E-state index contributed by atoms with van der Waals surface area (Å²) in [6.45, 7) is 0. The van der Waals surface area contributed by atoms with Gasteiger partial charge >= 0.3 is 0 Å². The van der Waals surface area contributed by atoms with Gasteiger partial charge in [0.15, 0.2) is 0 Å². The molecule has 0 atom stereocenters. The van der Waals surface area contributed by atoms with Gasteiger partial charge in [-0.3, -0.25) is 14.5 Å². The summed E-state index contributed by atoms with van der Waals surface area (Å²) in [4.78, 5) is 19.9. The van der Waals surface area contributed by atoms with Gasteiger partial charge in [0, 0.05) is 61.6 Å². The van der Waals surface area contributed by atoms with E-state index in [0.29, 0.717) is 5.95 Å². The molecule has 0 amide bonds. The molecule has 6 heterocycles. The minimum Gasteiger partial charge on any atom is -0.308 e. The Morgan fingerprint density at radius 3 is 1.43 bits per heavy atom. The van der Waals surface area contributed by atoms with E-state index in [1.807, 2.05) is 48.8 Å². The molecule has 6 nitrogen and oxygen atoms in total. The van der Waals surface area contributed by atoms with Gasteiger partial charge in [0.25, 0.3) is 0 Å². The second-order valence-corrected chi connectivity index (χ2v) is 14.7. The van der Waals surface area contributed by atoms with Gasteiger partial charge in [-0.25, -0.2) is 9.97 Å². The van der Waals surface area contributed by atoms with E-state index >= 15 is 0 Å². The lowest BCUT2D eigenvalue weighted by atomic mass is 10.0. The molecular formula is C52H32N6. The van der Waals surface area contributed by atoms with E-state index in [4.69, 9.17) is 9.97 Å². The maximum Gasteiger partial charge on any atom is 0.235 e. The molecule has 12 rings (SSSR count). The molecule has 58 heavy (non-hydrogen) atoms. The molecule has 6 aromatic heterocycles. The molecule has 0 aliphatic carbocycles. The van der Waals surface area contributed by atoms with Crippen molar-refractivity contribution in [2.45, 2.75) is 0 Å². The summed E-state index contributed by atoms with van der Waals surface area (Å²) >= 11 is 0. The summed E-state index contributed by atoms with van der Waals surface area (Å²) in [6.07, 6.45) is 3.65. The standard InChI is InChI=1S/C52H32N6/c1-2-13-40-38(11-1)39-12-3-5-17-46(39)57-49(40)31-37-27-28-48-50(51(37)57)41-14-4-6-18-47(41)58(48)52-55-44(35-23-19-33(20-24-35)42-15-7-9-29-53-42)32-45(56-52)36-25-21-34(22-26-36)43-16-8-10-30-54-43/h1-32H. The fraction of sp³-hybridized carbons (Fsp3) is 0. The average molecular weight is 741 g/mol. The Morgan fingerprint density at radius 1 is 0.345 bits per heavy atom. The maximum atomic E-state index is 5.38. The van der Waals surface area contributed by atoms with E-state index in [-0.39, 0.29) is 0 Å². The SMILES string of the molecule is c1ccc(-c2ccc(-c3cc(-c4ccc(-c5ccccn5)cc4)nc(-n4c5ccccc5c5c4ccc4cc6c7ccccc7c7ccccc7n6c45)n3)cc2)nc1. The largest absolute Gasteiger partial charge is 0.308 e. The Balaban J connectivity index is 1.12. The molecule has 0 aliphatic heterocycles. The fourth-order valence-electron chi connectivity index (χ4n) is 8.77. The Labute approximate surface area is 333 Å². The lowest BCUT2D eigenvalue weighted by molar-refractivity contribution is 0.996. The number of pyridine rings is 3. The predicted molar refractivity (Wildman–Crippen MR) is 237 cm³/mol. The van der Waals surface area contributed by atoms with Crippen LogP contribution in [-0.4, -0.2) is 28.9 Å². The van der Waals surface area contributed by atoms with Gasteiger partial charge in [-0.1, -0.05) is 127 Å². The van der Waals surface area contributed by atoms with E-state index < -0.39 is 0 Å². The number of fused-ring (bicyclic) bond motifs is 12. The zero-order chi connectivity index (χ0) is 38.2. The Morgan fingerprint density at radius 2 is 0.845 bits per heavy atom. The summed E-state index contributed by atoms with van der Waals surface area (Å²) < 4.78 is 4.70. The lowest BCUT2D eigenvalue weighted by Crippen LogP contribution is -2.04.